The van der Waals surface area contributed by atoms with Crippen molar-refractivity contribution in [3.05, 3.63) is 83.2 Å². The first-order chi connectivity index (χ1) is 17.4. The molecule has 0 radical (unpaired) electrons. The summed E-state index contributed by atoms with van der Waals surface area (Å²) in [5, 5.41) is 0. The van der Waals surface area contributed by atoms with Crippen molar-refractivity contribution in [3.8, 4) is 17.2 Å². The number of nitrogens with one attached hydrogen (secondary N) is 1. The van der Waals surface area contributed by atoms with Gasteiger partial charge in [-0.2, -0.15) is 0 Å². The minimum Gasteiger partial charge on any atom is -0.496 e. The van der Waals surface area contributed by atoms with Crippen molar-refractivity contribution < 1.29 is 33.6 Å². The van der Waals surface area contributed by atoms with Gasteiger partial charge in [0.2, 0.25) is 5.78 Å². The standard InChI is InChI=1S/C28H28N2O6/c1-5-36-22-11-8-19(14-23(22)35-4)25-24(26(31)20-9-10-21(34-3)17(2)13-20)27(32)28(33)30(25)16-18-7-6-12-29-15-18/h6-15,24-25H,5,16H2,1-4H3/p+1. The Labute approximate surface area is 209 Å². The molecule has 8 heteroatoms. The maximum absolute atomic E-state index is 13.8. The number of amides is 1. The topological polar surface area (TPSA) is 96.3 Å². The molecule has 2 atom stereocenters. The number of aromatic nitrogens is 1. The Morgan fingerprint density at radius 3 is 2.39 bits per heavy atom. The normalized spacial score (nSPS) is 17.3. The smallest absolute Gasteiger partial charge is 0.291 e. The molecular formula is C28H29N2O6+. The quantitative estimate of drug-likeness (QED) is 0.260. The van der Waals surface area contributed by atoms with Crippen LogP contribution in [0.2, 0.25) is 0 Å². The van der Waals surface area contributed by atoms with Crippen LogP contribution in [-0.2, 0) is 16.1 Å². The number of Topliss-reactive ketones (excluding diaryl/α,β-unsaturated/α-hetero) is 2. The molecule has 3 aromatic rings. The van der Waals surface area contributed by atoms with E-state index in [1.807, 2.05) is 26.0 Å². The highest BCUT2D eigenvalue weighted by Gasteiger charge is 2.51. The number of aromatic amines is 1. The highest BCUT2D eigenvalue weighted by Crippen LogP contribution is 2.42. The number of carbonyl (C=O) groups is 3. The van der Waals surface area contributed by atoms with Crippen LogP contribution in [-0.4, -0.2) is 43.2 Å². The minimum absolute atomic E-state index is 0.160. The zero-order valence-electron chi connectivity index (χ0n) is 20.7. The second-order valence-corrected chi connectivity index (χ2v) is 8.52. The first-order valence-electron chi connectivity index (χ1n) is 11.7. The Morgan fingerprint density at radius 2 is 1.75 bits per heavy atom. The van der Waals surface area contributed by atoms with Gasteiger partial charge in [0.15, 0.2) is 29.7 Å². The molecule has 4 rings (SSSR count). The first-order valence-corrected chi connectivity index (χ1v) is 11.7. The predicted molar refractivity (Wildman–Crippen MR) is 131 cm³/mol. The van der Waals surface area contributed by atoms with Crippen LogP contribution in [0.5, 0.6) is 17.2 Å². The van der Waals surface area contributed by atoms with Gasteiger partial charge < -0.3 is 19.1 Å². The first kappa shape index (κ1) is 24.9. The van der Waals surface area contributed by atoms with Gasteiger partial charge in [-0.05, 0) is 61.4 Å². The molecule has 1 amide bonds. The molecule has 1 N–H and O–H groups in total. The molecule has 1 aliphatic rings. The molecule has 36 heavy (non-hydrogen) atoms. The molecule has 2 aromatic carbocycles. The summed E-state index contributed by atoms with van der Waals surface area (Å²) in [6, 6.07) is 13.1. The van der Waals surface area contributed by atoms with Crippen LogP contribution in [0.25, 0.3) is 0 Å². The molecule has 2 heterocycles. The summed E-state index contributed by atoms with van der Waals surface area (Å²) in [6.45, 7) is 4.30. The Bertz CT molecular complexity index is 1290. The van der Waals surface area contributed by atoms with Gasteiger partial charge in [0.25, 0.3) is 5.91 Å². The molecule has 1 aromatic heterocycles. The summed E-state index contributed by atoms with van der Waals surface area (Å²) in [5.41, 5.74) is 2.52. The lowest BCUT2D eigenvalue weighted by Crippen LogP contribution is -2.30. The number of ketones is 2. The van der Waals surface area contributed by atoms with E-state index in [4.69, 9.17) is 14.2 Å². The fraction of sp³-hybridized carbons (Fsp3) is 0.286. The summed E-state index contributed by atoms with van der Waals surface area (Å²) < 4.78 is 16.4. The molecule has 8 nitrogen and oxygen atoms in total. The van der Waals surface area contributed by atoms with E-state index in [0.717, 1.165) is 11.1 Å². The van der Waals surface area contributed by atoms with Crippen molar-refractivity contribution in [3.63, 3.8) is 0 Å². The number of ether oxygens (including phenoxy) is 3. The van der Waals surface area contributed by atoms with E-state index in [1.54, 1.807) is 55.9 Å². The fourth-order valence-electron chi connectivity index (χ4n) is 4.61. The summed E-state index contributed by atoms with van der Waals surface area (Å²) in [5.74, 6) is -1.42. The van der Waals surface area contributed by atoms with Crippen molar-refractivity contribution in [1.82, 2.24) is 4.90 Å². The van der Waals surface area contributed by atoms with E-state index < -0.39 is 29.4 Å². The van der Waals surface area contributed by atoms with Gasteiger partial charge in [-0.25, -0.2) is 4.98 Å². The number of nitrogens with zero attached hydrogens (tertiary/aromatic N) is 1. The molecule has 0 aliphatic carbocycles. The number of hydrogen-bond acceptors (Lipinski definition) is 6. The number of hydrogen-bond donors (Lipinski definition) is 0. The largest absolute Gasteiger partial charge is 0.496 e. The van der Waals surface area contributed by atoms with Crippen LogP contribution in [0.4, 0.5) is 0 Å². The highest BCUT2D eigenvalue weighted by atomic mass is 16.5. The molecule has 0 saturated carbocycles. The molecule has 0 bridgehead atoms. The van der Waals surface area contributed by atoms with Crippen molar-refractivity contribution in [2.24, 2.45) is 5.92 Å². The number of pyridine rings is 1. The zero-order chi connectivity index (χ0) is 25.8. The Morgan fingerprint density at radius 1 is 1.00 bits per heavy atom. The predicted octanol–water partition coefficient (Wildman–Crippen LogP) is 3.38. The van der Waals surface area contributed by atoms with Gasteiger partial charge in [0.05, 0.1) is 33.4 Å². The molecule has 2 unspecified atom stereocenters. The van der Waals surface area contributed by atoms with Crippen LogP contribution in [0, 0.1) is 12.8 Å². The van der Waals surface area contributed by atoms with Crippen LogP contribution in [0.1, 0.15) is 40.0 Å². The fourth-order valence-corrected chi connectivity index (χ4v) is 4.61. The SMILES string of the molecule is CCOc1ccc(C2C(C(=O)c3ccc(OC)c(C)c3)C(=O)C(=O)N2Cc2ccc[nH+]c2)cc1OC. The number of benzene rings is 2. The lowest BCUT2D eigenvalue weighted by molar-refractivity contribution is -0.378. The van der Waals surface area contributed by atoms with E-state index >= 15 is 0 Å². The van der Waals surface area contributed by atoms with Crippen LogP contribution < -0.4 is 19.2 Å². The summed E-state index contributed by atoms with van der Waals surface area (Å²) >= 11 is 0. The Kier molecular flexibility index (Phi) is 7.33. The van der Waals surface area contributed by atoms with E-state index in [-0.39, 0.29) is 6.54 Å². The summed E-state index contributed by atoms with van der Waals surface area (Å²) in [6.07, 6.45) is 3.52. The average molecular weight is 490 g/mol. The van der Waals surface area contributed by atoms with Crippen LogP contribution in [0.15, 0.2) is 60.9 Å². The number of methoxy groups -OCH3 is 2. The van der Waals surface area contributed by atoms with Crippen molar-refractivity contribution in [1.29, 1.82) is 0 Å². The summed E-state index contributed by atoms with van der Waals surface area (Å²) in [4.78, 5) is 44.8. The second-order valence-electron chi connectivity index (χ2n) is 8.52. The van der Waals surface area contributed by atoms with Gasteiger partial charge in [0.1, 0.15) is 11.7 Å². The highest BCUT2D eigenvalue weighted by molar-refractivity contribution is 6.44. The third-order valence-corrected chi connectivity index (χ3v) is 6.32. The van der Waals surface area contributed by atoms with Gasteiger partial charge in [-0.3, -0.25) is 14.4 Å². The van der Waals surface area contributed by atoms with E-state index in [0.29, 0.717) is 35.0 Å². The van der Waals surface area contributed by atoms with Gasteiger partial charge in [-0.15, -0.1) is 0 Å². The molecule has 1 aliphatic heterocycles. The van der Waals surface area contributed by atoms with Crippen molar-refractivity contribution in [2.45, 2.75) is 26.4 Å². The van der Waals surface area contributed by atoms with E-state index in [9.17, 15) is 14.4 Å². The lowest BCUT2D eigenvalue weighted by Gasteiger charge is -2.27. The lowest BCUT2D eigenvalue weighted by atomic mass is 9.85. The molecule has 186 valence electrons. The van der Waals surface area contributed by atoms with Crippen molar-refractivity contribution in [2.75, 3.05) is 20.8 Å². The minimum atomic E-state index is -1.21. The molecule has 1 saturated heterocycles. The number of likely N-dealkylation sites (tertiary alicyclic amines) is 1. The average Bonchev–Trinajstić information content (AvgIpc) is 3.14. The van der Waals surface area contributed by atoms with Gasteiger partial charge in [0, 0.05) is 17.2 Å². The summed E-state index contributed by atoms with van der Waals surface area (Å²) in [7, 11) is 3.07. The number of H-pyrrole nitrogens is 1. The maximum atomic E-state index is 13.8. The van der Waals surface area contributed by atoms with Gasteiger partial charge in [-0.1, -0.05) is 6.07 Å². The third-order valence-electron chi connectivity index (χ3n) is 6.32. The number of carbonyl (C=O) groups excluding carboxylic acids is 3. The van der Waals surface area contributed by atoms with Crippen LogP contribution >= 0.6 is 0 Å². The molecular weight excluding hydrogens is 460 g/mol. The Hall–Kier alpha value is -4.20. The van der Waals surface area contributed by atoms with E-state index in [2.05, 4.69) is 4.98 Å². The zero-order valence-corrected chi connectivity index (χ0v) is 20.7. The monoisotopic (exact) mass is 489 g/mol. The molecule has 1 fully saturated rings. The number of aryl methyl sites for hydroxylation is 1. The maximum Gasteiger partial charge on any atom is 0.291 e. The second kappa shape index (κ2) is 10.6. The molecule has 0 spiro atoms. The number of rotatable bonds is 9. The van der Waals surface area contributed by atoms with Crippen LogP contribution in [0.3, 0.4) is 0 Å². The third kappa shape index (κ3) is 4.66. The van der Waals surface area contributed by atoms with Crippen molar-refractivity contribution >= 4 is 17.5 Å². The van der Waals surface area contributed by atoms with E-state index in [1.165, 1.54) is 12.0 Å². The van der Waals surface area contributed by atoms with Gasteiger partial charge >= 0.3 is 0 Å². The Balaban J connectivity index is 1.81.